The van der Waals surface area contributed by atoms with E-state index in [0.29, 0.717) is 0 Å². The van der Waals surface area contributed by atoms with Crippen LogP contribution in [0.25, 0.3) is 0 Å². The van der Waals surface area contributed by atoms with Crippen molar-refractivity contribution in [1.82, 2.24) is 0 Å². The number of allylic oxidation sites excluding steroid dienone is 1. The molecule has 0 aromatic heterocycles. The molecule has 110 valence electrons. The number of hydrogen-bond donors (Lipinski definition) is 1. The summed E-state index contributed by atoms with van der Waals surface area (Å²) in [5.41, 5.74) is 3.34. The summed E-state index contributed by atoms with van der Waals surface area (Å²) < 4.78 is 12.9. The second kappa shape index (κ2) is 7.89. The molecule has 3 heteroatoms. The van der Waals surface area contributed by atoms with Gasteiger partial charge in [0.05, 0.1) is 0 Å². The summed E-state index contributed by atoms with van der Waals surface area (Å²) in [4.78, 5) is 1.26. The first-order valence-corrected chi connectivity index (χ1v) is 8.07. The van der Waals surface area contributed by atoms with E-state index in [1.807, 2.05) is 0 Å². The van der Waals surface area contributed by atoms with E-state index in [1.165, 1.54) is 22.6 Å². The first-order chi connectivity index (χ1) is 10.2. The Morgan fingerprint density at radius 2 is 1.95 bits per heavy atom. The van der Waals surface area contributed by atoms with E-state index in [1.54, 1.807) is 23.9 Å². The Balaban J connectivity index is 1.99. The Morgan fingerprint density at radius 3 is 2.62 bits per heavy atom. The molecule has 0 fully saturated rings. The van der Waals surface area contributed by atoms with Gasteiger partial charge in [-0.25, -0.2) is 4.39 Å². The van der Waals surface area contributed by atoms with Gasteiger partial charge in [-0.15, -0.1) is 11.8 Å². The Hall–Kier alpha value is -1.74. The quantitative estimate of drug-likeness (QED) is 0.694. The minimum atomic E-state index is -0.212. The molecule has 0 aliphatic carbocycles. The molecular weight excluding hydrogens is 281 g/mol. The fourth-order valence-electron chi connectivity index (χ4n) is 1.98. The minimum Gasteiger partial charge on any atom is -0.358 e. The molecule has 0 heterocycles. The molecule has 0 amide bonds. The number of aryl methyl sites for hydroxylation is 1. The maximum absolute atomic E-state index is 12.9. The SMILES string of the molecule is CC/C=C(\CSc1cccc(C)c1)Nc1ccc(F)cc1. The molecule has 0 atom stereocenters. The molecule has 1 N–H and O–H groups in total. The van der Waals surface area contributed by atoms with Gasteiger partial charge < -0.3 is 5.32 Å². The lowest BCUT2D eigenvalue weighted by molar-refractivity contribution is 0.628. The third-order valence-electron chi connectivity index (χ3n) is 2.98. The molecule has 2 aromatic rings. The Morgan fingerprint density at radius 1 is 1.19 bits per heavy atom. The van der Waals surface area contributed by atoms with Gasteiger partial charge in [0.15, 0.2) is 0 Å². The minimum absolute atomic E-state index is 0.212. The molecule has 2 rings (SSSR count). The lowest BCUT2D eigenvalue weighted by Crippen LogP contribution is -2.02. The molecule has 0 saturated heterocycles. The van der Waals surface area contributed by atoms with Crippen LogP contribution in [0.5, 0.6) is 0 Å². The maximum atomic E-state index is 12.9. The number of halogens is 1. The van der Waals surface area contributed by atoms with Crippen LogP contribution in [0, 0.1) is 12.7 Å². The summed E-state index contributed by atoms with van der Waals surface area (Å²) >= 11 is 1.80. The normalized spacial score (nSPS) is 11.5. The summed E-state index contributed by atoms with van der Waals surface area (Å²) in [6.07, 6.45) is 3.14. The number of thioether (sulfide) groups is 1. The Labute approximate surface area is 130 Å². The maximum Gasteiger partial charge on any atom is 0.123 e. The van der Waals surface area contributed by atoms with Crippen LogP contribution >= 0.6 is 11.8 Å². The van der Waals surface area contributed by atoms with E-state index in [0.717, 1.165) is 23.6 Å². The lowest BCUT2D eigenvalue weighted by Gasteiger charge is -2.11. The van der Waals surface area contributed by atoms with E-state index >= 15 is 0 Å². The van der Waals surface area contributed by atoms with Crippen molar-refractivity contribution < 1.29 is 4.39 Å². The third-order valence-corrected chi connectivity index (χ3v) is 4.03. The highest BCUT2D eigenvalue weighted by molar-refractivity contribution is 7.99. The van der Waals surface area contributed by atoms with Crippen molar-refractivity contribution in [2.45, 2.75) is 25.2 Å². The topological polar surface area (TPSA) is 12.0 Å². The van der Waals surface area contributed by atoms with Crippen molar-refractivity contribution in [2.75, 3.05) is 11.1 Å². The van der Waals surface area contributed by atoms with E-state index in [-0.39, 0.29) is 5.82 Å². The summed E-state index contributed by atoms with van der Waals surface area (Å²) in [5.74, 6) is 0.657. The molecule has 0 radical (unpaired) electrons. The van der Waals surface area contributed by atoms with Gasteiger partial charge in [-0.3, -0.25) is 0 Å². The average molecular weight is 301 g/mol. The van der Waals surface area contributed by atoms with Crippen LogP contribution < -0.4 is 5.32 Å². The molecule has 0 spiro atoms. The van der Waals surface area contributed by atoms with Crippen LogP contribution in [0.3, 0.4) is 0 Å². The van der Waals surface area contributed by atoms with Crippen LogP contribution in [0.1, 0.15) is 18.9 Å². The second-order valence-electron chi connectivity index (χ2n) is 4.87. The molecule has 0 unspecified atom stereocenters. The largest absolute Gasteiger partial charge is 0.358 e. The van der Waals surface area contributed by atoms with Gasteiger partial charge >= 0.3 is 0 Å². The molecule has 1 nitrogen and oxygen atoms in total. The number of rotatable bonds is 6. The van der Waals surface area contributed by atoms with Gasteiger partial charge in [0.1, 0.15) is 5.82 Å². The van der Waals surface area contributed by atoms with Gasteiger partial charge in [-0.2, -0.15) is 0 Å². The molecule has 0 aliphatic rings. The summed E-state index contributed by atoms with van der Waals surface area (Å²) in [6.45, 7) is 4.22. The van der Waals surface area contributed by atoms with E-state index in [9.17, 15) is 4.39 Å². The van der Waals surface area contributed by atoms with Crippen LogP contribution in [-0.4, -0.2) is 5.75 Å². The fourth-order valence-corrected chi connectivity index (χ4v) is 2.93. The molecule has 2 aromatic carbocycles. The zero-order valence-corrected chi connectivity index (χ0v) is 13.2. The summed E-state index contributed by atoms with van der Waals surface area (Å²) in [7, 11) is 0. The van der Waals surface area contributed by atoms with E-state index < -0.39 is 0 Å². The van der Waals surface area contributed by atoms with Crippen molar-refractivity contribution >= 4 is 17.4 Å². The monoisotopic (exact) mass is 301 g/mol. The number of anilines is 1. The van der Waals surface area contributed by atoms with Gasteiger partial charge in [-0.05, 0) is 49.7 Å². The fraction of sp³-hybridized carbons (Fsp3) is 0.222. The molecule has 0 bridgehead atoms. The second-order valence-corrected chi connectivity index (χ2v) is 5.92. The molecule has 0 aliphatic heterocycles. The first-order valence-electron chi connectivity index (χ1n) is 7.08. The van der Waals surface area contributed by atoms with Gasteiger partial charge in [-0.1, -0.05) is 30.7 Å². The average Bonchev–Trinajstić information content (AvgIpc) is 2.47. The highest BCUT2D eigenvalue weighted by Crippen LogP contribution is 2.22. The highest BCUT2D eigenvalue weighted by Gasteiger charge is 2.01. The first kappa shape index (κ1) is 15.6. The van der Waals surface area contributed by atoms with Gasteiger partial charge in [0.2, 0.25) is 0 Å². The summed E-state index contributed by atoms with van der Waals surface area (Å²) in [5, 5.41) is 3.37. The van der Waals surface area contributed by atoms with Crippen molar-refractivity contribution in [1.29, 1.82) is 0 Å². The van der Waals surface area contributed by atoms with Crippen LogP contribution in [0.4, 0.5) is 10.1 Å². The highest BCUT2D eigenvalue weighted by atomic mass is 32.2. The van der Waals surface area contributed by atoms with Gasteiger partial charge in [0.25, 0.3) is 0 Å². The van der Waals surface area contributed by atoms with Crippen molar-refractivity contribution in [3.05, 3.63) is 71.7 Å². The molecule has 21 heavy (non-hydrogen) atoms. The Bertz CT molecular complexity index is 605. The predicted molar refractivity (Wildman–Crippen MR) is 90.3 cm³/mol. The van der Waals surface area contributed by atoms with Gasteiger partial charge in [0, 0.05) is 22.0 Å². The van der Waals surface area contributed by atoms with Crippen LogP contribution in [0.15, 0.2) is 65.2 Å². The predicted octanol–water partition coefficient (Wildman–Crippen LogP) is 5.63. The zero-order valence-electron chi connectivity index (χ0n) is 12.4. The number of benzene rings is 2. The zero-order chi connectivity index (χ0) is 15.1. The van der Waals surface area contributed by atoms with E-state index in [4.69, 9.17) is 0 Å². The lowest BCUT2D eigenvalue weighted by atomic mass is 10.2. The van der Waals surface area contributed by atoms with Crippen molar-refractivity contribution in [3.8, 4) is 0 Å². The Kier molecular flexibility index (Phi) is 5.88. The van der Waals surface area contributed by atoms with Crippen molar-refractivity contribution in [3.63, 3.8) is 0 Å². The molecular formula is C18H20FNS. The number of hydrogen-bond acceptors (Lipinski definition) is 2. The standard InChI is InChI=1S/C18H20FNS/c1-3-5-17(20-16-10-8-15(19)9-11-16)13-21-18-7-4-6-14(2)12-18/h4-12,20H,3,13H2,1-2H3/b17-5+. The summed E-state index contributed by atoms with van der Waals surface area (Å²) in [6, 6.07) is 15.0. The van der Waals surface area contributed by atoms with Crippen LogP contribution in [0.2, 0.25) is 0 Å². The van der Waals surface area contributed by atoms with E-state index in [2.05, 4.69) is 49.5 Å². The number of nitrogens with one attached hydrogen (secondary N) is 1. The van der Waals surface area contributed by atoms with Crippen molar-refractivity contribution in [2.24, 2.45) is 0 Å². The molecule has 0 saturated carbocycles. The van der Waals surface area contributed by atoms with Crippen LogP contribution in [-0.2, 0) is 0 Å². The third kappa shape index (κ3) is 5.27. The smallest absolute Gasteiger partial charge is 0.123 e.